The third-order valence-corrected chi connectivity index (χ3v) is 7.32. The first kappa shape index (κ1) is 15.4. The molecule has 3 rings (SSSR count). The van der Waals surface area contributed by atoms with E-state index in [1.165, 1.54) is 0 Å². The molecular formula is C15H26N2O3S. The Balaban J connectivity index is 1.77. The summed E-state index contributed by atoms with van der Waals surface area (Å²) in [7, 11) is -3.37. The van der Waals surface area contributed by atoms with E-state index in [4.69, 9.17) is 0 Å². The fourth-order valence-electron chi connectivity index (χ4n) is 4.12. The van der Waals surface area contributed by atoms with Crippen LogP contribution < -0.4 is 0 Å². The first-order valence-electron chi connectivity index (χ1n) is 8.40. The second kappa shape index (κ2) is 6.34. The third kappa shape index (κ3) is 3.03. The number of Topliss-reactive ketones (excluding diaryl/α,β-unsaturated/α-hetero) is 1. The van der Waals surface area contributed by atoms with Crippen LogP contribution in [0.4, 0.5) is 0 Å². The summed E-state index contributed by atoms with van der Waals surface area (Å²) in [6.07, 6.45) is 8.32. The molecule has 0 spiro atoms. The van der Waals surface area contributed by atoms with E-state index >= 15 is 0 Å². The molecule has 2 saturated heterocycles. The zero-order valence-corrected chi connectivity index (χ0v) is 13.5. The van der Waals surface area contributed by atoms with Crippen molar-refractivity contribution in [3.8, 4) is 0 Å². The normalized spacial score (nSPS) is 33.4. The van der Waals surface area contributed by atoms with Crippen LogP contribution in [0.1, 0.15) is 57.8 Å². The smallest absolute Gasteiger partial charge is 0.282 e. The summed E-state index contributed by atoms with van der Waals surface area (Å²) in [5, 5.41) is 0. The Labute approximate surface area is 127 Å². The third-order valence-electron chi connectivity index (χ3n) is 5.25. The molecule has 2 aliphatic heterocycles. The molecule has 1 saturated carbocycles. The van der Waals surface area contributed by atoms with Crippen LogP contribution in [0.25, 0.3) is 0 Å². The van der Waals surface area contributed by atoms with Crippen molar-refractivity contribution >= 4 is 16.0 Å². The van der Waals surface area contributed by atoms with Crippen LogP contribution in [0.15, 0.2) is 0 Å². The van der Waals surface area contributed by atoms with Gasteiger partial charge in [0.1, 0.15) is 5.78 Å². The van der Waals surface area contributed by atoms with Gasteiger partial charge in [-0.15, -0.1) is 0 Å². The molecule has 0 N–H and O–H groups in total. The van der Waals surface area contributed by atoms with Gasteiger partial charge in [0, 0.05) is 38.0 Å². The number of ketones is 1. The second-order valence-corrected chi connectivity index (χ2v) is 8.49. The number of nitrogens with zero attached hydrogens (tertiary/aromatic N) is 2. The monoisotopic (exact) mass is 314 g/mol. The molecule has 1 aliphatic carbocycles. The highest BCUT2D eigenvalue weighted by atomic mass is 32.2. The fraction of sp³-hybridized carbons (Fsp3) is 0.933. The molecule has 120 valence electrons. The minimum atomic E-state index is -3.37. The Morgan fingerprint density at radius 2 is 1.62 bits per heavy atom. The van der Waals surface area contributed by atoms with E-state index in [-0.39, 0.29) is 17.7 Å². The van der Waals surface area contributed by atoms with Gasteiger partial charge in [0.2, 0.25) is 0 Å². The minimum absolute atomic E-state index is 0.0548. The van der Waals surface area contributed by atoms with Crippen molar-refractivity contribution in [2.75, 3.05) is 19.6 Å². The zero-order valence-electron chi connectivity index (χ0n) is 12.7. The second-order valence-electron chi connectivity index (χ2n) is 6.61. The molecule has 5 nitrogen and oxygen atoms in total. The highest BCUT2D eigenvalue weighted by molar-refractivity contribution is 7.86. The van der Waals surface area contributed by atoms with Gasteiger partial charge in [-0.05, 0) is 38.5 Å². The van der Waals surface area contributed by atoms with Crippen molar-refractivity contribution in [3.05, 3.63) is 0 Å². The lowest BCUT2D eigenvalue weighted by molar-refractivity contribution is -0.126. The minimum Gasteiger partial charge on any atom is -0.299 e. The van der Waals surface area contributed by atoms with Crippen LogP contribution in [-0.2, 0) is 15.0 Å². The maximum absolute atomic E-state index is 12.9. The average Bonchev–Trinajstić information content (AvgIpc) is 2.99. The summed E-state index contributed by atoms with van der Waals surface area (Å²) < 4.78 is 29.1. The van der Waals surface area contributed by atoms with E-state index in [9.17, 15) is 13.2 Å². The van der Waals surface area contributed by atoms with Crippen LogP contribution in [0.3, 0.4) is 0 Å². The summed E-state index contributed by atoms with van der Waals surface area (Å²) >= 11 is 0. The number of carbonyl (C=O) groups is 1. The van der Waals surface area contributed by atoms with Crippen molar-refractivity contribution < 1.29 is 13.2 Å². The molecule has 3 aliphatic rings. The Morgan fingerprint density at radius 3 is 2.33 bits per heavy atom. The number of rotatable bonds is 3. The van der Waals surface area contributed by atoms with E-state index in [0.29, 0.717) is 26.1 Å². The summed E-state index contributed by atoms with van der Waals surface area (Å²) in [6, 6.07) is -0.0790. The average molecular weight is 314 g/mol. The van der Waals surface area contributed by atoms with Crippen molar-refractivity contribution in [2.45, 2.75) is 63.8 Å². The van der Waals surface area contributed by atoms with Gasteiger partial charge in [0.15, 0.2) is 0 Å². The van der Waals surface area contributed by atoms with Gasteiger partial charge < -0.3 is 0 Å². The van der Waals surface area contributed by atoms with Crippen LogP contribution in [0, 0.1) is 5.92 Å². The topological polar surface area (TPSA) is 57.7 Å². The standard InChI is InChI=1S/C15H26N2O3S/c18-15-9-3-2-7-13(15)14-8-6-12-17(14)21(19,20)16-10-4-1-5-11-16/h13-14H,1-12H2. The first-order chi connectivity index (χ1) is 10.1. The molecule has 21 heavy (non-hydrogen) atoms. The maximum Gasteiger partial charge on any atom is 0.282 e. The van der Waals surface area contributed by atoms with Gasteiger partial charge in [-0.25, -0.2) is 0 Å². The van der Waals surface area contributed by atoms with Gasteiger partial charge in [0.05, 0.1) is 0 Å². The number of hydrogen-bond donors (Lipinski definition) is 0. The Hall–Kier alpha value is -0.460. The van der Waals surface area contributed by atoms with Gasteiger partial charge in [-0.2, -0.15) is 17.0 Å². The molecule has 2 heterocycles. The van der Waals surface area contributed by atoms with Crippen molar-refractivity contribution in [1.29, 1.82) is 0 Å². The van der Waals surface area contributed by atoms with E-state index < -0.39 is 10.2 Å². The van der Waals surface area contributed by atoms with Gasteiger partial charge in [-0.1, -0.05) is 12.8 Å². The molecule has 0 bridgehead atoms. The zero-order chi connectivity index (χ0) is 14.9. The summed E-state index contributed by atoms with van der Waals surface area (Å²) in [4.78, 5) is 12.2. The van der Waals surface area contributed by atoms with Crippen LogP contribution in [0.2, 0.25) is 0 Å². The van der Waals surface area contributed by atoms with Crippen LogP contribution in [0.5, 0.6) is 0 Å². The Kier molecular flexibility index (Phi) is 4.66. The van der Waals surface area contributed by atoms with Crippen LogP contribution in [-0.4, -0.2) is 48.5 Å². The lowest BCUT2D eigenvalue weighted by Crippen LogP contribution is -2.51. The maximum atomic E-state index is 12.9. The highest BCUT2D eigenvalue weighted by Crippen LogP contribution is 2.35. The molecular weight excluding hydrogens is 288 g/mol. The molecule has 0 radical (unpaired) electrons. The molecule has 0 aromatic heterocycles. The molecule has 0 amide bonds. The first-order valence-corrected chi connectivity index (χ1v) is 9.80. The number of carbonyl (C=O) groups excluding carboxylic acids is 1. The number of piperidine rings is 1. The van der Waals surface area contributed by atoms with Crippen molar-refractivity contribution in [3.63, 3.8) is 0 Å². The van der Waals surface area contributed by atoms with Gasteiger partial charge in [-0.3, -0.25) is 4.79 Å². The molecule has 3 fully saturated rings. The molecule has 6 heteroatoms. The quantitative estimate of drug-likeness (QED) is 0.800. The van der Waals surface area contributed by atoms with E-state index in [0.717, 1.165) is 51.4 Å². The van der Waals surface area contributed by atoms with E-state index in [1.807, 2.05) is 0 Å². The SMILES string of the molecule is O=C1CCCCC1C1CCCN1S(=O)(=O)N1CCCCC1. The summed E-state index contributed by atoms with van der Waals surface area (Å²) in [5.74, 6) is 0.229. The number of hydrogen-bond acceptors (Lipinski definition) is 3. The molecule has 2 atom stereocenters. The predicted octanol–water partition coefficient (Wildman–Crippen LogP) is 1.94. The largest absolute Gasteiger partial charge is 0.299 e. The summed E-state index contributed by atoms with van der Waals surface area (Å²) in [5.41, 5.74) is 0. The van der Waals surface area contributed by atoms with E-state index in [1.54, 1.807) is 8.61 Å². The van der Waals surface area contributed by atoms with Crippen molar-refractivity contribution in [1.82, 2.24) is 8.61 Å². The van der Waals surface area contributed by atoms with Gasteiger partial charge >= 0.3 is 0 Å². The molecule has 0 aromatic rings. The Bertz CT molecular complexity index is 485. The summed E-state index contributed by atoms with van der Waals surface area (Å²) in [6.45, 7) is 1.88. The lowest BCUT2D eigenvalue weighted by Gasteiger charge is -2.36. The van der Waals surface area contributed by atoms with Gasteiger partial charge in [0.25, 0.3) is 10.2 Å². The Morgan fingerprint density at radius 1 is 0.857 bits per heavy atom. The van der Waals surface area contributed by atoms with E-state index in [2.05, 4.69) is 0 Å². The molecule has 2 unspecified atom stereocenters. The fourth-order valence-corrected chi connectivity index (χ4v) is 6.09. The lowest BCUT2D eigenvalue weighted by atomic mass is 9.82. The molecule has 0 aromatic carbocycles. The predicted molar refractivity (Wildman–Crippen MR) is 81.0 cm³/mol. The van der Waals surface area contributed by atoms with Crippen molar-refractivity contribution in [2.24, 2.45) is 5.92 Å². The van der Waals surface area contributed by atoms with Crippen LogP contribution >= 0.6 is 0 Å². The highest BCUT2D eigenvalue weighted by Gasteiger charge is 2.44.